The van der Waals surface area contributed by atoms with Crippen LogP contribution in [-0.4, -0.2) is 38.3 Å². The minimum absolute atomic E-state index is 0.0419. The van der Waals surface area contributed by atoms with Crippen molar-refractivity contribution in [1.29, 1.82) is 0 Å². The minimum atomic E-state index is -0.213. The zero-order valence-electron chi connectivity index (χ0n) is 12.9. The molecule has 2 atom stereocenters. The lowest BCUT2D eigenvalue weighted by Crippen LogP contribution is -2.35. The zero-order valence-corrected chi connectivity index (χ0v) is 12.9. The Labute approximate surface area is 126 Å². The smallest absolute Gasteiger partial charge is 0.241 e. The van der Waals surface area contributed by atoms with E-state index in [4.69, 9.17) is 9.47 Å². The van der Waals surface area contributed by atoms with Crippen LogP contribution in [0.2, 0.25) is 0 Å². The van der Waals surface area contributed by atoms with Crippen molar-refractivity contribution >= 4 is 11.6 Å². The number of methoxy groups -OCH3 is 1. The Morgan fingerprint density at radius 2 is 2.29 bits per heavy atom. The van der Waals surface area contributed by atoms with E-state index in [2.05, 4.69) is 17.6 Å². The zero-order chi connectivity index (χ0) is 15.2. The number of hydrogen-bond acceptors (Lipinski definition) is 4. The van der Waals surface area contributed by atoms with Crippen molar-refractivity contribution in [2.45, 2.75) is 38.8 Å². The summed E-state index contributed by atoms with van der Waals surface area (Å²) in [6.45, 7) is 5.41. The first-order chi connectivity index (χ1) is 10.1. The maximum Gasteiger partial charge on any atom is 0.241 e. The van der Waals surface area contributed by atoms with Gasteiger partial charge >= 0.3 is 0 Å². The molecule has 2 N–H and O–H groups in total. The van der Waals surface area contributed by atoms with Gasteiger partial charge in [-0.2, -0.15) is 0 Å². The van der Waals surface area contributed by atoms with E-state index in [1.807, 2.05) is 25.1 Å². The van der Waals surface area contributed by atoms with E-state index in [1.165, 1.54) is 0 Å². The molecule has 0 bridgehead atoms. The van der Waals surface area contributed by atoms with Crippen molar-refractivity contribution in [2.75, 3.05) is 25.6 Å². The number of benzene rings is 1. The predicted octanol–water partition coefficient (Wildman–Crippen LogP) is 2.10. The van der Waals surface area contributed by atoms with E-state index in [0.717, 1.165) is 23.4 Å². The number of amides is 1. The number of hydrogen-bond donors (Lipinski definition) is 2. The van der Waals surface area contributed by atoms with Crippen LogP contribution in [0.3, 0.4) is 0 Å². The average Bonchev–Trinajstić information content (AvgIpc) is 2.96. The maximum atomic E-state index is 12.3. The summed E-state index contributed by atoms with van der Waals surface area (Å²) < 4.78 is 11.0. The third-order valence-electron chi connectivity index (χ3n) is 3.60. The quantitative estimate of drug-likeness (QED) is 0.843. The van der Waals surface area contributed by atoms with Crippen LogP contribution in [-0.2, 0) is 9.53 Å². The van der Waals surface area contributed by atoms with E-state index in [-0.39, 0.29) is 18.1 Å². The van der Waals surface area contributed by atoms with Gasteiger partial charge < -0.3 is 20.1 Å². The Balaban J connectivity index is 2.03. The fourth-order valence-corrected chi connectivity index (χ4v) is 2.37. The average molecular weight is 292 g/mol. The SMILES string of the molecule is CCCOc1cc(C)ccc1NC(=O)C1CC(OC)CN1. The van der Waals surface area contributed by atoms with Crippen LogP contribution < -0.4 is 15.4 Å². The molecule has 2 rings (SSSR count). The molecule has 1 fully saturated rings. The van der Waals surface area contributed by atoms with Gasteiger partial charge in [-0.3, -0.25) is 4.79 Å². The van der Waals surface area contributed by atoms with Gasteiger partial charge in [0, 0.05) is 13.7 Å². The lowest BCUT2D eigenvalue weighted by Gasteiger charge is -2.15. The number of carbonyl (C=O) groups excluding carboxylic acids is 1. The fraction of sp³-hybridized carbons (Fsp3) is 0.562. The number of ether oxygens (including phenoxy) is 2. The third kappa shape index (κ3) is 4.19. The van der Waals surface area contributed by atoms with Crippen molar-refractivity contribution in [2.24, 2.45) is 0 Å². The molecule has 21 heavy (non-hydrogen) atoms. The van der Waals surface area contributed by atoms with Crippen molar-refractivity contribution in [3.05, 3.63) is 23.8 Å². The molecule has 116 valence electrons. The Bertz CT molecular complexity index is 490. The first-order valence-electron chi connectivity index (χ1n) is 7.44. The highest BCUT2D eigenvalue weighted by molar-refractivity contribution is 5.96. The number of carbonyl (C=O) groups is 1. The number of aryl methyl sites for hydroxylation is 1. The summed E-state index contributed by atoms with van der Waals surface area (Å²) in [6.07, 6.45) is 1.73. The summed E-state index contributed by atoms with van der Waals surface area (Å²) in [5, 5.41) is 6.13. The molecule has 0 spiro atoms. The van der Waals surface area contributed by atoms with Crippen LogP contribution in [0.4, 0.5) is 5.69 Å². The first-order valence-corrected chi connectivity index (χ1v) is 7.44. The Kier molecular flexibility index (Phi) is 5.59. The van der Waals surface area contributed by atoms with E-state index in [1.54, 1.807) is 7.11 Å². The first kappa shape index (κ1) is 15.8. The lowest BCUT2D eigenvalue weighted by molar-refractivity contribution is -0.118. The lowest BCUT2D eigenvalue weighted by atomic mass is 10.1. The molecule has 1 aliphatic rings. The molecule has 1 aliphatic heterocycles. The second kappa shape index (κ2) is 7.43. The third-order valence-corrected chi connectivity index (χ3v) is 3.60. The Hall–Kier alpha value is -1.59. The minimum Gasteiger partial charge on any atom is -0.491 e. The maximum absolute atomic E-state index is 12.3. The number of nitrogens with one attached hydrogen (secondary N) is 2. The van der Waals surface area contributed by atoms with E-state index >= 15 is 0 Å². The molecular formula is C16H24N2O3. The highest BCUT2D eigenvalue weighted by Gasteiger charge is 2.29. The molecule has 0 aliphatic carbocycles. The highest BCUT2D eigenvalue weighted by Crippen LogP contribution is 2.26. The van der Waals surface area contributed by atoms with Crippen molar-refractivity contribution < 1.29 is 14.3 Å². The molecule has 1 aromatic rings. The molecule has 1 saturated heterocycles. The summed E-state index contributed by atoms with van der Waals surface area (Å²) in [5.74, 6) is 0.686. The normalized spacial score (nSPS) is 21.3. The van der Waals surface area contributed by atoms with E-state index in [0.29, 0.717) is 19.6 Å². The monoisotopic (exact) mass is 292 g/mol. The van der Waals surface area contributed by atoms with E-state index in [9.17, 15) is 4.79 Å². The molecule has 1 heterocycles. The molecule has 2 unspecified atom stereocenters. The molecule has 0 radical (unpaired) electrons. The van der Waals surface area contributed by atoms with Gasteiger partial charge in [-0.25, -0.2) is 0 Å². The van der Waals surface area contributed by atoms with Gasteiger partial charge in [0.05, 0.1) is 24.4 Å². The summed E-state index contributed by atoms with van der Waals surface area (Å²) in [4.78, 5) is 12.3. The second-order valence-corrected chi connectivity index (χ2v) is 5.39. The van der Waals surface area contributed by atoms with Crippen LogP contribution in [0.15, 0.2) is 18.2 Å². The van der Waals surface area contributed by atoms with Gasteiger partial charge in [0.15, 0.2) is 0 Å². The van der Waals surface area contributed by atoms with Gasteiger partial charge in [-0.1, -0.05) is 13.0 Å². The van der Waals surface area contributed by atoms with Gasteiger partial charge in [-0.15, -0.1) is 0 Å². The van der Waals surface area contributed by atoms with Gasteiger partial charge in [0.1, 0.15) is 5.75 Å². The van der Waals surface area contributed by atoms with Crippen LogP contribution in [0, 0.1) is 6.92 Å². The molecule has 1 aromatic carbocycles. The van der Waals surface area contributed by atoms with Crippen LogP contribution in [0.25, 0.3) is 0 Å². The molecular weight excluding hydrogens is 268 g/mol. The van der Waals surface area contributed by atoms with Gasteiger partial charge in [-0.05, 0) is 37.5 Å². The second-order valence-electron chi connectivity index (χ2n) is 5.39. The highest BCUT2D eigenvalue weighted by atomic mass is 16.5. The van der Waals surface area contributed by atoms with Crippen molar-refractivity contribution in [3.8, 4) is 5.75 Å². The number of rotatable bonds is 6. The summed E-state index contributed by atoms with van der Waals surface area (Å²) in [7, 11) is 1.67. The van der Waals surface area contributed by atoms with Crippen molar-refractivity contribution in [1.82, 2.24) is 5.32 Å². The van der Waals surface area contributed by atoms with Crippen LogP contribution in [0.1, 0.15) is 25.3 Å². The summed E-state index contributed by atoms with van der Waals surface area (Å²) in [5.41, 5.74) is 1.83. The van der Waals surface area contributed by atoms with E-state index < -0.39 is 0 Å². The fourth-order valence-electron chi connectivity index (χ4n) is 2.37. The Morgan fingerprint density at radius 3 is 2.95 bits per heavy atom. The summed E-state index contributed by atoms with van der Waals surface area (Å²) in [6, 6.07) is 5.59. The van der Waals surface area contributed by atoms with Crippen molar-refractivity contribution in [3.63, 3.8) is 0 Å². The molecule has 5 heteroatoms. The molecule has 5 nitrogen and oxygen atoms in total. The standard InChI is InChI=1S/C16H24N2O3/c1-4-7-21-15-8-11(2)5-6-13(15)18-16(19)14-9-12(20-3)10-17-14/h5-6,8,12,14,17H,4,7,9-10H2,1-3H3,(H,18,19). The summed E-state index contributed by atoms with van der Waals surface area (Å²) >= 11 is 0. The van der Waals surface area contributed by atoms with Crippen LogP contribution >= 0.6 is 0 Å². The molecule has 1 amide bonds. The predicted molar refractivity (Wildman–Crippen MR) is 82.8 cm³/mol. The van der Waals surface area contributed by atoms with Gasteiger partial charge in [0.2, 0.25) is 5.91 Å². The van der Waals surface area contributed by atoms with Gasteiger partial charge in [0.25, 0.3) is 0 Å². The Morgan fingerprint density at radius 1 is 1.48 bits per heavy atom. The molecule has 0 aromatic heterocycles. The topological polar surface area (TPSA) is 59.6 Å². The molecule has 0 saturated carbocycles. The largest absolute Gasteiger partial charge is 0.491 e. The van der Waals surface area contributed by atoms with Crippen LogP contribution in [0.5, 0.6) is 5.75 Å². The number of anilines is 1.